The molecule has 0 amide bonds. The van der Waals surface area contributed by atoms with Crippen molar-refractivity contribution in [3.05, 3.63) is 88.4 Å². The van der Waals surface area contributed by atoms with Crippen molar-refractivity contribution in [2.75, 3.05) is 0 Å². The zero-order valence-electron chi connectivity index (χ0n) is 19.3. The van der Waals surface area contributed by atoms with Crippen LogP contribution >= 0.6 is 0 Å². The zero-order valence-corrected chi connectivity index (χ0v) is 19.3. The van der Waals surface area contributed by atoms with E-state index in [0.717, 1.165) is 41.7 Å². The molecule has 0 aromatic heterocycles. The highest BCUT2D eigenvalue weighted by Gasteiger charge is 2.11. The first-order valence-electron chi connectivity index (χ1n) is 11.0. The Morgan fingerprint density at radius 2 is 1.90 bits per heavy atom. The lowest BCUT2D eigenvalue weighted by atomic mass is 10.0. The van der Waals surface area contributed by atoms with Crippen LogP contribution in [-0.2, 0) is 4.84 Å². The van der Waals surface area contributed by atoms with Crippen LogP contribution in [0, 0.1) is 11.7 Å². The van der Waals surface area contributed by atoms with Crippen molar-refractivity contribution >= 4 is 5.57 Å². The Bertz CT molecular complexity index is 855. The van der Waals surface area contributed by atoms with Gasteiger partial charge in [0.2, 0.25) is 0 Å². The largest absolute Gasteiger partial charge is 0.269 e. The van der Waals surface area contributed by atoms with Crippen LogP contribution < -0.4 is 5.48 Å². The Morgan fingerprint density at radius 1 is 1.20 bits per heavy atom. The summed E-state index contributed by atoms with van der Waals surface area (Å²) in [5, 5.41) is 0. The summed E-state index contributed by atoms with van der Waals surface area (Å²) in [5.74, 6) is 0.340. The minimum atomic E-state index is -0.216. The lowest BCUT2D eigenvalue weighted by Gasteiger charge is -2.18. The van der Waals surface area contributed by atoms with Crippen LogP contribution in [0.2, 0.25) is 0 Å². The summed E-state index contributed by atoms with van der Waals surface area (Å²) in [7, 11) is 0. The van der Waals surface area contributed by atoms with Gasteiger partial charge in [-0.15, -0.1) is 0 Å². The van der Waals surface area contributed by atoms with Gasteiger partial charge in [0, 0.05) is 0 Å². The molecule has 0 bridgehead atoms. The molecular formula is C27H36FNO. The fourth-order valence-corrected chi connectivity index (χ4v) is 3.33. The average Bonchev–Trinajstić information content (AvgIpc) is 2.91. The van der Waals surface area contributed by atoms with Gasteiger partial charge >= 0.3 is 0 Å². The van der Waals surface area contributed by atoms with Crippen molar-refractivity contribution in [1.29, 1.82) is 0 Å². The molecule has 0 heterocycles. The minimum absolute atomic E-state index is 0.00609. The van der Waals surface area contributed by atoms with E-state index in [2.05, 4.69) is 77.4 Å². The lowest BCUT2D eigenvalue weighted by molar-refractivity contribution is 0.0239. The molecule has 2 unspecified atom stereocenters. The molecule has 0 spiro atoms. The highest BCUT2D eigenvalue weighted by atomic mass is 19.1. The Balaban J connectivity index is 2.16. The second-order valence-corrected chi connectivity index (χ2v) is 8.12. The van der Waals surface area contributed by atoms with Crippen LogP contribution in [0.3, 0.4) is 0 Å². The summed E-state index contributed by atoms with van der Waals surface area (Å²) in [4.78, 5) is 6.00. The maximum absolute atomic E-state index is 13.2. The first-order valence-corrected chi connectivity index (χ1v) is 11.0. The number of rotatable bonds is 9. The second-order valence-electron chi connectivity index (χ2n) is 8.12. The Morgan fingerprint density at radius 3 is 2.53 bits per heavy atom. The molecule has 1 aromatic carbocycles. The summed E-state index contributed by atoms with van der Waals surface area (Å²) in [6.07, 6.45) is 13.8. The smallest absolute Gasteiger partial charge is 0.123 e. The molecule has 0 aliphatic heterocycles. The van der Waals surface area contributed by atoms with E-state index in [9.17, 15) is 4.39 Å². The van der Waals surface area contributed by atoms with E-state index >= 15 is 0 Å². The van der Waals surface area contributed by atoms with E-state index in [4.69, 9.17) is 4.84 Å². The maximum Gasteiger partial charge on any atom is 0.123 e. The van der Waals surface area contributed by atoms with Crippen LogP contribution in [0.1, 0.15) is 66.4 Å². The normalized spacial score (nSPS) is 17.5. The number of hydrogen-bond acceptors (Lipinski definition) is 2. The van der Waals surface area contributed by atoms with Gasteiger partial charge in [-0.05, 0) is 86.1 Å². The van der Waals surface area contributed by atoms with Gasteiger partial charge in [0.25, 0.3) is 0 Å². The third kappa shape index (κ3) is 7.14. The van der Waals surface area contributed by atoms with Crippen LogP contribution in [0.25, 0.3) is 5.57 Å². The first-order chi connectivity index (χ1) is 14.3. The molecule has 1 aromatic rings. The predicted molar refractivity (Wildman–Crippen MR) is 126 cm³/mol. The third-order valence-corrected chi connectivity index (χ3v) is 5.62. The average molecular weight is 410 g/mol. The van der Waals surface area contributed by atoms with Gasteiger partial charge < -0.3 is 0 Å². The molecule has 2 atom stereocenters. The van der Waals surface area contributed by atoms with E-state index in [0.29, 0.717) is 5.92 Å². The molecule has 30 heavy (non-hydrogen) atoms. The standard InChI is InChI=1S/C27H36FNO/c1-7-19(3)16-23(8-2)22(6)30-29-27-11-9-10-20(4)25(18-27)17-21(5)24-12-14-26(28)15-13-24/h9,11-19,22,29H,7-8,10H2,1-6H3/b21-17+,23-16+. The second kappa shape index (κ2) is 11.7. The minimum Gasteiger partial charge on any atom is -0.269 e. The van der Waals surface area contributed by atoms with Crippen LogP contribution in [-0.4, -0.2) is 6.10 Å². The van der Waals surface area contributed by atoms with Crippen molar-refractivity contribution in [2.45, 2.75) is 66.9 Å². The highest BCUT2D eigenvalue weighted by Crippen LogP contribution is 2.23. The molecule has 0 fully saturated rings. The highest BCUT2D eigenvalue weighted by molar-refractivity contribution is 5.68. The summed E-state index contributed by atoms with van der Waals surface area (Å²) in [6.45, 7) is 12.9. The van der Waals surface area contributed by atoms with Gasteiger partial charge in [0.05, 0.1) is 5.70 Å². The van der Waals surface area contributed by atoms with Crippen molar-refractivity contribution in [3.63, 3.8) is 0 Å². The number of hydroxylamine groups is 1. The zero-order chi connectivity index (χ0) is 22.1. The van der Waals surface area contributed by atoms with Crippen LogP contribution in [0.5, 0.6) is 0 Å². The fourth-order valence-electron chi connectivity index (χ4n) is 3.33. The van der Waals surface area contributed by atoms with Crippen LogP contribution in [0.4, 0.5) is 4.39 Å². The molecule has 0 saturated heterocycles. The quantitative estimate of drug-likeness (QED) is 0.333. The lowest BCUT2D eigenvalue weighted by Crippen LogP contribution is -2.22. The van der Waals surface area contributed by atoms with Gasteiger partial charge in [0.1, 0.15) is 11.9 Å². The van der Waals surface area contributed by atoms with E-state index in [-0.39, 0.29) is 11.9 Å². The maximum atomic E-state index is 13.2. The summed E-state index contributed by atoms with van der Waals surface area (Å²) in [6, 6.07) is 6.63. The molecule has 162 valence electrons. The predicted octanol–water partition coefficient (Wildman–Crippen LogP) is 7.68. The molecular weight excluding hydrogens is 373 g/mol. The molecule has 0 radical (unpaired) electrons. The number of allylic oxidation sites excluding steroid dienone is 8. The van der Waals surface area contributed by atoms with Gasteiger partial charge in [0.15, 0.2) is 0 Å². The fraction of sp³-hybridized carbons (Fsp3) is 0.407. The number of hydrogen-bond donors (Lipinski definition) is 1. The number of halogens is 1. The molecule has 1 aliphatic carbocycles. The van der Waals surface area contributed by atoms with E-state index < -0.39 is 0 Å². The van der Waals surface area contributed by atoms with E-state index in [1.807, 2.05) is 12.1 Å². The van der Waals surface area contributed by atoms with Crippen LogP contribution in [0.15, 0.2) is 77.1 Å². The molecule has 2 rings (SSSR count). The molecule has 1 aliphatic rings. The molecule has 1 N–H and O–H groups in total. The SMILES string of the molecule is CC/C(=C\C(C)CC)C(C)ONC1=CC(/C=C(\C)c2ccc(F)cc2)=C(C)CC=C1. The third-order valence-electron chi connectivity index (χ3n) is 5.62. The van der Waals surface area contributed by atoms with Gasteiger partial charge in [-0.2, -0.15) is 0 Å². The van der Waals surface area contributed by atoms with E-state index in [1.165, 1.54) is 23.3 Å². The Kier molecular flexibility index (Phi) is 9.32. The van der Waals surface area contributed by atoms with Gasteiger partial charge in [-0.25, -0.2) is 4.39 Å². The summed E-state index contributed by atoms with van der Waals surface area (Å²) in [5.41, 5.74) is 9.94. The number of benzene rings is 1. The first kappa shape index (κ1) is 23.9. The Hall–Kier alpha value is -2.39. The molecule has 2 nitrogen and oxygen atoms in total. The van der Waals surface area contributed by atoms with Crippen molar-refractivity contribution in [2.24, 2.45) is 5.92 Å². The van der Waals surface area contributed by atoms with Crippen molar-refractivity contribution in [3.8, 4) is 0 Å². The van der Waals surface area contributed by atoms with Gasteiger partial charge in [-0.3, -0.25) is 10.3 Å². The molecule has 3 heteroatoms. The van der Waals surface area contributed by atoms with Crippen molar-refractivity contribution in [1.82, 2.24) is 5.48 Å². The van der Waals surface area contributed by atoms with Gasteiger partial charge in [-0.1, -0.05) is 63.1 Å². The monoisotopic (exact) mass is 409 g/mol. The summed E-state index contributed by atoms with van der Waals surface area (Å²) >= 11 is 0. The molecule has 0 saturated carbocycles. The van der Waals surface area contributed by atoms with E-state index in [1.54, 1.807) is 0 Å². The van der Waals surface area contributed by atoms with Crippen molar-refractivity contribution < 1.29 is 9.23 Å². The Labute approximate surface area is 181 Å². The topological polar surface area (TPSA) is 21.3 Å². The number of nitrogens with one attached hydrogen (secondary N) is 1. The summed E-state index contributed by atoms with van der Waals surface area (Å²) < 4.78 is 13.2.